The van der Waals surface area contributed by atoms with Crippen LogP contribution in [-0.4, -0.2) is 139 Å². The van der Waals surface area contributed by atoms with Crippen LogP contribution in [0.15, 0.2) is 73.1 Å². The van der Waals surface area contributed by atoms with Crippen LogP contribution in [0.5, 0.6) is 0 Å². The molecule has 2 atom stereocenters. The second kappa shape index (κ2) is 20.5. The first-order chi connectivity index (χ1) is 38.7. The van der Waals surface area contributed by atoms with E-state index in [1.807, 2.05) is 26.5 Å². The first kappa shape index (κ1) is 51.9. The highest BCUT2D eigenvalue weighted by Crippen LogP contribution is 2.53. The van der Waals surface area contributed by atoms with Crippen molar-refractivity contribution >= 4 is 75.3 Å². The Bertz CT molecular complexity index is 3370. The number of anilines is 4. The normalized spacial score (nSPS) is 25.8. The lowest BCUT2D eigenvalue weighted by molar-refractivity contribution is -0.140. The molecule has 4 saturated heterocycles. The fourth-order valence-corrected chi connectivity index (χ4v) is 14.5. The zero-order valence-electron chi connectivity index (χ0n) is 45.4. The predicted octanol–water partition coefficient (Wildman–Crippen LogP) is 7.71. The van der Waals surface area contributed by atoms with Crippen molar-refractivity contribution in [2.45, 2.75) is 139 Å². The predicted molar refractivity (Wildman–Crippen MR) is 297 cm³/mol. The molecule has 416 valence electrons. The summed E-state index contributed by atoms with van der Waals surface area (Å²) in [4.78, 5) is 115. The lowest BCUT2D eigenvalue weighted by Crippen LogP contribution is -2.58. The molecule has 3 N–H and O–H groups in total. The van der Waals surface area contributed by atoms with Gasteiger partial charge in [0, 0.05) is 79.6 Å². The number of benzene rings is 3. The van der Waals surface area contributed by atoms with E-state index in [1.54, 1.807) is 42.7 Å². The van der Waals surface area contributed by atoms with Gasteiger partial charge in [-0.2, -0.15) is 0 Å². The van der Waals surface area contributed by atoms with Gasteiger partial charge in [0.05, 0.1) is 45.7 Å². The van der Waals surface area contributed by atoms with Crippen molar-refractivity contribution in [2.24, 2.45) is 11.8 Å². The quantitative estimate of drug-likeness (QED) is 0.109. The largest absolute Gasteiger partial charge is 0.382 e. The van der Waals surface area contributed by atoms with Crippen molar-refractivity contribution < 1.29 is 38.0 Å². The second-order valence-corrected chi connectivity index (χ2v) is 23.9. The van der Waals surface area contributed by atoms with E-state index in [0.29, 0.717) is 100 Å². The number of hydrogen-bond acceptors (Lipinski definition) is 12. The number of nitrogens with one attached hydrogen (secondary N) is 3. The van der Waals surface area contributed by atoms with Crippen molar-refractivity contribution in [2.75, 3.05) is 54.8 Å². The summed E-state index contributed by atoms with van der Waals surface area (Å²) in [6.07, 6.45) is 11.6. The topological polar surface area (TPSA) is 202 Å². The molecule has 6 aliphatic heterocycles. The molecule has 80 heavy (non-hydrogen) atoms. The average molecular weight is 1090 g/mol. The molecule has 0 bridgehead atoms. The molecular formula is C61H68FN11O7. The van der Waals surface area contributed by atoms with E-state index < -0.39 is 40.9 Å². The zero-order chi connectivity index (χ0) is 55.1. The number of carbonyl (C=O) groups excluding carboxylic acids is 7. The zero-order valence-corrected chi connectivity index (χ0v) is 45.4. The summed E-state index contributed by atoms with van der Waals surface area (Å²) in [5, 5.41) is 8.99. The van der Waals surface area contributed by atoms with Crippen molar-refractivity contribution in [3.63, 3.8) is 0 Å². The molecule has 8 aliphatic rings. The molecule has 19 heteroatoms. The standard InChI is InChI=1S/C61H68FN11O7/c1-35(2)71-34-63-48-32-47(66-54(53(48)71)65-45-11-5-4-10-44(45)62)37-15-18-43-50(29-37)72(41-30-40(31-41)68-24-6-3-7-25-68)60(80)61(43)22-27-69(28-23-61)57(77)38-21-26-70(33-38)56(76)36-13-16-39(17-14-36)64-46-12-8-9-42-52(46)59(79)73(58(42)78)49-19-20-51(74)67-55(49)75/h4-5,8-12,15,18,29,32,34-36,38-41,49,64H,3,6-7,13-14,16-17,19-28,30-31,33H2,1-2H3,(H,65,66)(H,67,74,75)/t36-,38-,39-,40?,41?,49?/m1/s1. The third-order valence-electron chi connectivity index (χ3n) is 19.0. The summed E-state index contributed by atoms with van der Waals surface area (Å²) in [5.41, 5.74) is 5.32. The average Bonchev–Trinajstić information content (AvgIpc) is 4.43. The van der Waals surface area contributed by atoms with Gasteiger partial charge in [-0.25, -0.2) is 14.4 Å². The van der Waals surface area contributed by atoms with Crippen LogP contribution < -0.4 is 20.9 Å². The molecule has 2 aliphatic carbocycles. The Kier molecular flexibility index (Phi) is 13.3. The molecule has 2 saturated carbocycles. The number of rotatable bonds is 11. The van der Waals surface area contributed by atoms with E-state index in [4.69, 9.17) is 9.97 Å². The van der Waals surface area contributed by atoms with Gasteiger partial charge < -0.3 is 34.8 Å². The minimum atomic E-state index is -1.05. The monoisotopic (exact) mass is 1090 g/mol. The SMILES string of the molecule is CC(C)n1cnc2cc(-c3ccc4c(c3)N(C3CC(N5CCCCC5)C3)C(=O)C43CCN(C(=O)[C@@H]4CCN(C(=O)[C@H]5CC[C@H](Nc6cccc7c6C(=O)N(C6CCC(=O)NC6=O)C7=O)CC5)C4)CC3)nc(Nc3ccccc3F)c21. The molecule has 18 nitrogen and oxygen atoms in total. The number of imide groups is 2. The summed E-state index contributed by atoms with van der Waals surface area (Å²) >= 11 is 0. The smallest absolute Gasteiger partial charge is 0.264 e. The highest BCUT2D eigenvalue weighted by molar-refractivity contribution is 6.25. The molecular weight excluding hydrogens is 1020 g/mol. The van der Waals surface area contributed by atoms with Gasteiger partial charge in [-0.1, -0.05) is 36.8 Å². The van der Waals surface area contributed by atoms with Gasteiger partial charge in [-0.05, 0) is 146 Å². The van der Waals surface area contributed by atoms with Gasteiger partial charge in [0.25, 0.3) is 11.8 Å². The van der Waals surface area contributed by atoms with Crippen molar-refractivity contribution in [3.8, 4) is 11.3 Å². The Morgan fingerprint density at radius 3 is 2.25 bits per heavy atom. The Morgan fingerprint density at radius 1 is 0.750 bits per heavy atom. The molecule has 13 rings (SSSR count). The summed E-state index contributed by atoms with van der Waals surface area (Å²) in [6.45, 7) is 8.07. The maximum Gasteiger partial charge on any atom is 0.264 e. The van der Waals surface area contributed by atoms with E-state index in [1.165, 1.54) is 25.3 Å². The van der Waals surface area contributed by atoms with Crippen LogP contribution in [0.1, 0.15) is 136 Å². The lowest BCUT2D eigenvalue weighted by Gasteiger charge is -2.48. The number of nitrogens with zero attached hydrogens (tertiary/aromatic N) is 8. The molecule has 1 unspecified atom stereocenters. The fraction of sp³-hybridized carbons (Fsp3) is 0.492. The Balaban J connectivity index is 0.675. The van der Waals surface area contributed by atoms with Gasteiger partial charge in [-0.3, -0.25) is 43.8 Å². The van der Waals surface area contributed by atoms with Gasteiger partial charge in [-0.15, -0.1) is 0 Å². The lowest BCUT2D eigenvalue weighted by atomic mass is 9.73. The van der Waals surface area contributed by atoms with Crippen molar-refractivity contribution in [3.05, 3.63) is 95.6 Å². The van der Waals surface area contributed by atoms with Crippen LogP contribution in [0.3, 0.4) is 0 Å². The second-order valence-electron chi connectivity index (χ2n) is 23.9. The third kappa shape index (κ3) is 8.90. The molecule has 5 aromatic rings. The van der Waals surface area contributed by atoms with Crippen molar-refractivity contribution in [1.82, 2.24) is 39.5 Å². The Morgan fingerprint density at radius 2 is 1.50 bits per heavy atom. The number of likely N-dealkylation sites (tertiary alicyclic amines) is 3. The number of pyridine rings is 1. The van der Waals surface area contributed by atoms with E-state index >= 15 is 9.18 Å². The molecule has 0 radical (unpaired) electrons. The van der Waals surface area contributed by atoms with Crippen LogP contribution >= 0.6 is 0 Å². The van der Waals surface area contributed by atoms with Crippen LogP contribution in [0.2, 0.25) is 0 Å². The number of aromatic nitrogens is 3. The Labute approximate surface area is 463 Å². The van der Waals surface area contributed by atoms with Gasteiger partial charge in [0.2, 0.25) is 29.5 Å². The minimum absolute atomic E-state index is 0.0325. The fourth-order valence-electron chi connectivity index (χ4n) is 14.5. The number of imidazole rings is 1. The van der Waals surface area contributed by atoms with Gasteiger partial charge in [0.15, 0.2) is 5.82 Å². The molecule has 7 amide bonds. The first-order valence-electron chi connectivity index (χ1n) is 29.0. The number of hydrogen-bond donors (Lipinski definition) is 3. The van der Waals surface area contributed by atoms with Gasteiger partial charge >= 0.3 is 0 Å². The number of amides is 7. The highest BCUT2D eigenvalue weighted by Gasteiger charge is 2.56. The summed E-state index contributed by atoms with van der Waals surface area (Å²) < 4.78 is 17.2. The summed E-state index contributed by atoms with van der Waals surface area (Å²) in [6, 6.07) is 19.3. The number of para-hydroxylation sites is 1. The van der Waals surface area contributed by atoms with Crippen LogP contribution in [0.4, 0.5) is 27.3 Å². The van der Waals surface area contributed by atoms with Crippen LogP contribution in [-0.2, 0) is 29.4 Å². The third-order valence-corrected chi connectivity index (χ3v) is 19.0. The minimum Gasteiger partial charge on any atom is -0.382 e. The number of fused-ring (bicyclic) bond motifs is 4. The molecule has 3 aromatic carbocycles. The van der Waals surface area contributed by atoms with Crippen LogP contribution in [0.25, 0.3) is 22.3 Å². The summed E-state index contributed by atoms with van der Waals surface area (Å²) in [7, 11) is 0. The summed E-state index contributed by atoms with van der Waals surface area (Å²) in [5.74, 6) is -2.44. The molecule has 1 spiro atoms. The molecule has 2 aromatic heterocycles. The highest BCUT2D eigenvalue weighted by atomic mass is 19.1. The Hall–Kier alpha value is -7.54. The number of carbonyl (C=O) groups is 7. The molecule has 6 fully saturated rings. The van der Waals surface area contributed by atoms with Crippen molar-refractivity contribution in [1.29, 1.82) is 0 Å². The van der Waals surface area contributed by atoms with E-state index in [-0.39, 0.29) is 71.7 Å². The number of piperidine rings is 3. The first-order valence-corrected chi connectivity index (χ1v) is 29.0. The van der Waals surface area contributed by atoms with E-state index in [0.717, 1.165) is 58.7 Å². The van der Waals surface area contributed by atoms with E-state index in [9.17, 15) is 28.8 Å². The maximum atomic E-state index is 15.3. The van der Waals surface area contributed by atoms with E-state index in [2.05, 4.69) is 51.7 Å². The maximum absolute atomic E-state index is 15.3. The van der Waals surface area contributed by atoms with Gasteiger partial charge in [0.1, 0.15) is 17.4 Å². The number of halogens is 1. The molecule has 8 heterocycles. The van der Waals surface area contributed by atoms with Crippen LogP contribution in [0, 0.1) is 17.7 Å².